The smallest absolute Gasteiger partial charge is 0.00673 e. The highest BCUT2D eigenvalue weighted by Crippen LogP contribution is 2.44. The molecule has 0 aromatic carbocycles. The van der Waals surface area contributed by atoms with Gasteiger partial charge >= 0.3 is 0 Å². The van der Waals surface area contributed by atoms with Crippen LogP contribution in [0.4, 0.5) is 0 Å². The van der Waals surface area contributed by atoms with Crippen LogP contribution in [0, 0.1) is 5.41 Å². The number of nitrogens with one attached hydrogen (secondary N) is 2. The van der Waals surface area contributed by atoms with Crippen LogP contribution in [0.25, 0.3) is 0 Å². The van der Waals surface area contributed by atoms with Crippen LogP contribution in [0.2, 0.25) is 0 Å². The summed E-state index contributed by atoms with van der Waals surface area (Å²) in [7, 11) is 2.08. The third-order valence-corrected chi connectivity index (χ3v) is 4.13. The Bertz CT molecular complexity index is 179. The first kappa shape index (κ1) is 11.4. The summed E-state index contributed by atoms with van der Waals surface area (Å²) in [4.78, 5) is 0. The zero-order valence-electron chi connectivity index (χ0n) is 10.1. The van der Waals surface area contributed by atoms with Crippen LogP contribution < -0.4 is 10.6 Å². The predicted octanol–water partition coefficient (Wildman–Crippen LogP) is 2.30. The van der Waals surface area contributed by atoms with E-state index in [-0.39, 0.29) is 0 Å². The van der Waals surface area contributed by atoms with Crippen molar-refractivity contribution >= 4 is 0 Å². The van der Waals surface area contributed by atoms with E-state index in [1.807, 2.05) is 0 Å². The maximum atomic E-state index is 3.81. The number of hydrogen-bond acceptors (Lipinski definition) is 2. The van der Waals surface area contributed by atoms with E-state index in [1.165, 1.54) is 64.5 Å². The van der Waals surface area contributed by atoms with E-state index in [9.17, 15) is 0 Å². The quantitative estimate of drug-likeness (QED) is 0.680. The zero-order chi connectivity index (χ0) is 10.6. The van der Waals surface area contributed by atoms with Gasteiger partial charge in [0, 0.05) is 19.1 Å². The van der Waals surface area contributed by atoms with Crippen molar-refractivity contribution in [1.29, 1.82) is 0 Å². The molecule has 2 aliphatic rings. The lowest BCUT2D eigenvalue weighted by atomic mass is 10.0. The Hall–Kier alpha value is -0.0800. The minimum Gasteiger partial charge on any atom is -0.319 e. The van der Waals surface area contributed by atoms with Crippen molar-refractivity contribution in [3.05, 3.63) is 0 Å². The molecule has 2 fully saturated rings. The van der Waals surface area contributed by atoms with Gasteiger partial charge in [-0.3, -0.25) is 0 Å². The average molecular weight is 210 g/mol. The highest BCUT2D eigenvalue weighted by atomic mass is 15.0. The second-order valence-corrected chi connectivity index (χ2v) is 5.60. The van der Waals surface area contributed by atoms with E-state index in [0.717, 1.165) is 6.04 Å². The van der Waals surface area contributed by atoms with Crippen LogP contribution in [0.15, 0.2) is 0 Å². The fraction of sp³-hybridized carbons (Fsp3) is 1.00. The van der Waals surface area contributed by atoms with Gasteiger partial charge in [-0.25, -0.2) is 0 Å². The van der Waals surface area contributed by atoms with Crippen LogP contribution in [0.1, 0.15) is 51.4 Å². The van der Waals surface area contributed by atoms with Crippen LogP contribution >= 0.6 is 0 Å². The Labute approximate surface area is 94.2 Å². The van der Waals surface area contributed by atoms with E-state index in [0.29, 0.717) is 5.41 Å². The van der Waals surface area contributed by atoms with Crippen LogP contribution in [-0.4, -0.2) is 26.2 Å². The van der Waals surface area contributed by atoms with Crippen molar-refractivity contribution in [2.75, 3.05) is 20.1 Å². The van der Waals surface area contributed by atoms with E-state index >= 15 is 0 Å². The van der Waals surface area contributed by atoms with Gasteiger partial charge in [-0.05, 0) is 38.1 Å². The standard InChI is InChI=1S/C13H26N2/c1-14-10-13(8-9-13)11-15-12-6-4-2-3-5-7-12/h12,14-15H,2-11H2,1H3. The Morgan fingerprint density at radius 1 is 1.00 bits per heavy atom. The molecule has 0 aliphatic heterocycles. The first-order chi connectivity index (χ1) is 7.35. The highest BCUT2D eigenvalue weighted by Gasteiger charge is 2.41. The molecular formula is C13H26N2. The monoisotopic (exact) mass is 210 g/mol. The molecule has 88 valence electrons. The molecule has 2 nitrogen and oxygen atoms in total. The molecule has 2 saturated carbocycles. The zero-order valence-corrected chi connectivity index (χ0v) is 10.1. The molecular weight excluding hydrogens is 184 g/mol. The van der Waals surface area contributed by atoms with Gasteiger partial charge in [0.25, 0.3) is 0 Å². The summed E-state index contributed by atoms with van der Waals surface area (Å²) in [6, 6.07) is 0.821. The molecule has 0 saturated heterocycles. The van der Waals surface area contributed by atoms with Gasteiger partial charge in [0.05, 0.1) is 0 Å². The fourth-order valence-corrected chi connectivity index (χ4v) is 2.81. The Morgan fingerprint density at radius 3 is 2.20 bits per heavy atom. The molecule has 0 unspecified atom stereocenters. The Kier molecular flexibility index (Phi) is 4.04. The molecule has 2 heteroatoms. The van der Waals surface area contributed by atoms with Gasteiger partial charge in [0.1, 0.15) is 0 Å². The minimum absolute atomic E-state index is 0.626. The van der Waals surface area contributed by atoms with Crippen molar-refractivity contribution in [1.82, 2.24) is 10.6 Å². The SMILES string of the molecule is CNCC1(CNC2CCCCCC2)CC1. The molecule has 2 aliphatic carbocycles. The van der Waals surface area contributed by atoms with Gasteiger partial charge in [-0.1, -0.05) is 25.7 Å². The summed E-state index contributed by atoms with van der Waals surface area (Å²) in [5.74, 6) is 0. The van der Waals surface area contributed by atoms with Gasteiger partial charge in [-0.15, -0.1) is 0 Å². The highest BCUT2D eigenvalue weighted by molar-refractivity contribution is 4.97. The van der Waals surface area contributed by atoms with Gasteiger partial charge in [0.15, 0.2) is 0 Å². The first-order valence-electron chi connectivity index (χ1n) is 6.73. The molecule has 0 heterocycles. The molecule has 0 atom stereocenters. The Morgan fingerprint density at radius 2 is 1.67 bits per heavy atom. The summed E-state index contributed by atoms with van der Waals surface area (Å²) in [6.45, 7) is 2.45. The second-order valence-electron chi connectivity index (χ2n) is 5.60. The molecule has 0 amide bonds. The van der Waals surface area contributed by atoms with Crippen molar-refractivity contribution < 1.29 is 0 Å². The van der Waals surface area contributed by atoms with Gasteiger partial charge < -0.3 is 10.6 Å². The summed E-state index contributed by atoms with van der Waals surface area (Å²) in [5, 5.41) is 7.14. The summed E-state index contributed by atoms with van der Waals surface area (Å²) in [6.07, 6.45) is 11.5. The van der Waals surface area contributed by atoms with Crippen molar-refractivity contribution in [3.8, 4) is 0 Å². The van der Waals surface area contributed by atoms with Crippen LogP contribution in [0.3, 0.4) is 0 Å². The summed E-state index contributed by atoms with van der Waals surface area (Å²) in [5.41, 5.74) is 0.626. The van der Waals surface area contributed by atoms with Crippen LogP contribution in [0.5, 0.6) is 0 Å². The second kappa shape index (κ2) is 5.31. The maximum absolute atomic E-state index is 3.81. The Balaban J connectivity index is 1.67. The number of hydrogen-bond donors (Lipinski definition) is 2. The number of rotatable bonds is 5. The lowest BCUT2D eigenvalue weighted by molar-refractivity contribution is 0.377. The topological polar surface area (TPSA) is 24.1 Å². The van der Waals surface area contributed by atoms with Crippen molar-refractivity contribution in [2.24, 2.45) is 5.41 Å². The average Bonchev–Trinajstić information content (AvgIpc) is 3.00. The van der Waals surface area contributed by atoms with Gasteiger partial charge in [-0.2, -0.15) is 0 Å². The minimum atomic E-state index is 0.626. The molecule has 0 radical (unpaired) electrons. The molecule has 15 heavy (non-hydrogen) atoms. The molecule has 2 N–H and O–H groups in total. The summed E-state index contributed by atoms with van der Waals surface area (Å²) < 4.78 is 0. The molecule has 0 bridgehead atoms. The van der Waals surface area contributed by atoms with E-state index in [2.05, 4.69) is 17.7 Å². The molecule has 0 aromatic rings. The van der Waals surface area contributed by atoms with E-state index in [4.69, 9.17) is 0 Å². The summed E-state index contributed by atoms with van der Waals surface area (Å²) >= 11 is 0. The third-order valence-electron chi connectivity index (χ3n) is 4.13. The molecule has 0 spiro atoms. The van der Waals surface area contributed by atoms with Crippen molar-refractivity contribution in [2.45, 2.75) is 57.4 Å². The fourth-order valence-electron chi connectivity index (χ4n) is 2.81. The molecule has 0 aromatic heterocycles. The third kappa shape index (κ3) is 3.46. The predicted molar refractivity (Wildman–Crippen MR) is 65.1 cm³/mol. The lowest BCUT2D eigenvalue weighted by Gasteiger charge is -2.21. The lowest BCUT2D eigenvalue weighted by Crippen LogP contribution is -2.37. The van der Waals surface area contributed by atoms with E-state index in [1.54, 1.807) is 0 Å². The van der Waals surface area contributed by atoms with Crippen LogP contribution in [-0.2, 0) is 0 Å². The molecule has 2 rings (SSSR count). The van der Waals surface area contributed by atoms with E-state index < -0.39 is 0 Å². The largest absolute Gasteiger partial charge is 0.319 e. The van der Waals surface area contributed by atoms with Gasteiger partial charge in [0.2, 0.25) is 0 Å². The van der Waals surface area contributed by atoms with Crippen molar-refractivity contribution in [3.63, 3.8) is 0 Å². The normalized spacial score (nSPS) is 26.2. The maximum Gasteiger partial charge on any atom is 0.00673 e. The first-order valence-corrected chi connectivity index (χ1v) is 6.73.